The summed E-state index contributed by atoms with van der Waals surface area (Å²) in [7, 11) is 0. The third-order valence-corrected chi connectivity index (χ3v) is 4.39. The molecule has 3 aromatic rings. The van der Waals surface area contributed by atoms with E-state index in [4.69, 9.17) is 0 Å². The lowest BCUT2D eigenvalue weighted by atomic mass is 10.2. The molecule has 1 aromatic carbocycles. The zero-order chi connectivity index (χ0) is 17.6. The minimum Gasteiger partial charge on any atom is -0.351 e. The number of benzene rings is 1. The number of thiophene rings is 1. The van der Waals surface area contributed by atoms with E-state index < -0.39 is 0 Å². The standard InChI is InChI=1S/C17H16N4O3S/c22-15(8-3-9-18-16(23)14-7-4-10-25-14)20-21-11-19-13-6-2-1-5-12(13)17(21)24/h1-2,4-7,10-11H,3,8-9H2,(H,18,23)(H,20,22). The number of amides is 2. The third kappa shape index (κ3) is 4.10. The molecule has 0 unspecified atom stereocenters. The van der Waals surface area contributed by atoms with Crippen LogP contribution in [0.1, 0.15) is 22.5 Å². The number of carbonyl (C=O) groups is 2. The Morgan fingerprint density at radius 1 is 1.16 bits per heavy atom. The maximum Gasteiger partial charge on any atom is 0.280 e. The highest BCUT2D eigenvalue weighted by molar-refractivity contribution is 7.12. The van der Waals surface area contributed by atoms with Gasteiger partial charge >= 0.3 is 0 Å². The van der Waals surface area contributed by atoms with Crippen LogP contribution in [-0.4, -0.2) is 28.0 Å². The first-order valence-electron chi connectivity index (χ1n) is 7.73. The maximum absolute atomic E-state index is 12.3. The average Bonchev–Trinajstić information content (AvgIpc) is 3.16. The number of hydrogen-bond donors (Lipinski definition) is 2. The summed E-state index contributed by atoms with van der Waals surface area (Å²) in [6, 6.07) is 10.5. The average molecular weight is 356 g/mol. The quantitative estimate of drug-likeness (QED) is 0.658. The van der Waals surface area contributed by atoms with Crippen LogP contribution < -0.4 is 16.3 Å². The normalized spacial score (nSPS) is 10.6. The van der Waals surface area contributed by atoms with E-state index >= 15 is 0 Å². The van der Waals surface area contributed by atoms with Gasteiger partial charge in [0.25, 0.3) is 11.5 Å². The van der Waals surface area contributed by atoms with Gasteiger partial charge in [0.2, 0.25) is 5.91 Å². The molecule has 0 fully saturated rings. The Morgan fingerprint density at radius 3 is 2.80 bits per heavy atom. The minimum absolute atomic E-state index is 0.148. The van der Waals surface area contributed by atoms with E-state index in [2.05, 4.69) is 15.7 Å². The lowest BCUT2D eigenvalue weighted by Crippen LogP contribution is -2.33. The molecule has 0 aliphatic carbocycles. The number of rotatable bonds is 6. The zero-order valence-electron chi connectivity index (χ0n) is 13.3. The second-order valence-electron chi connectivity index (χ2n) is 5.31. The Hall–Kier alpha value is -3.00. The van der Waals surface area contributed by atoms with Gasteiger partial charge in [-0.15, -0.1) is 11.3 Å². The Morgan fingerprint density at radius 2 is 2.00 bits per heavy atom. The number of nitrogens with zero attached hydrogens (tertiary/aromatic N) is 2. The van der Waals surface area contributed by atoms with Crippen LogP contribution in [0.4, 0.5) is 0 Å². The van der Waals surface area contributed by atoms with Crippen LogP contribution in [-0.2, 0) is 4.79 Å². The van der Waals surface area contributed by atoms with Crippen molar-refractivity contribution in [2.75, 3.05) is 12.0 Å². The smallest absolute Gasteiger partial charge is 0.280 e. The van der Waals surface area contributed by atoms with Gasteiger partial charge in [-0.25, -0.2) is 9.66 Å². The molecular formula is C17H16N4O3S. The SMILES string of the molecule is O=C(CCCNC(=O)c1cccs1)Nn1cnc2ccccc2c1=O. The van der Waals surface area contributed by atoms with E-state index in [1.165, 1.54) is 17.7 Å². The molecule has 2 amide bonds. The van der Waals surface area contributed by atoms with Gasteiger partial charge in [-0.05, 0) is 30.0 Å². The van der Waals surface area contributed by atoms with Gasteiger partial charge in [-0.1, -0.05) is 18.2 Å². The molecule has 7 nitrogen and oxygen atoms in total. The van der Waals surface area contributed by atoms with Crippen LogP contribution in [0.5, 0.6) is 0 Å². The molecule has 2 aromatic heterocycles. The summed E-state index contributed by atoms with van der Waals surface area (Å²) in [6.45, 7) is 0.384. The number of hydrogen-bond acceptors (Lipinski definition) is 5. The molecule has 128 valence electrons. The summed E-state index contributed by atoms with van der Waals surface area (Å²) in [4.78, 5) is 40.8. The van der Waals surface area contributed by atoms with E-state index in [0.717, 1.165) is 4.68 Å². The van der Waals surface area contributed by atoms with Crippen molar-refractivity contribution in [3.63, 3.8) is 0 Å². The van der Waals surface area contributed by atoms with Crippen molar-refractivity contribution in [2.45, 2.75) is 12.8 Å². The molecule has 0 saturated heterocycles. The number of fused-ring (bicyclic) bond motifs is 1. The second kappa shape index (κ2) is 7.71. The monoisotopic (exact) mass is 356 g/mol. The maximum atomic E-state index is 12.3. The van der Waals surface area contributed by atoms with Gasteiger partial charge in [0, 0.05) is 13.0 Å². The van der Waals surface area contributed by atoms with Gasteiger partial charge in [-0.2, -0.15) is 0 Å². The lowest BCUT2D eigenvalue weighted by molar-refractivity contribution is -0.117. The van der Waals surface area contributed by atoms with Crippen molar-refractivity contribution in [1.29, 1.82) is 0 Å². The molecule has 2 N–H and O–H groups in total. The highest BCUT2D eigenvalue weighted by Crippen LogP contribution is 2.07. The summed E-state index contributed by atoms with van der Waals surface area (Å²) in [5.41, 5.74) is 2.76. The van der Waals surface area contributed by atoms with Gasteiger partial charge < -0.3 is 5.32 Å². The van der Waals surface area contributed by atoms with Crippen LogP contribution in [0.25, 0.3) is 10.9 Å². The first-order valence-corrected chi connectivity index (χ1v) is 8.61. The third-order valence-electron chi connectivity index (χ3n) is 3.52. The molecule has 0 aliphatic rings. The van der Waals surface area contributed by atoms with Crippen LogP contribution in [0.15, 0.2) is 52.9 Å². The molecule has 8 heteroatoms. The molecule has 2 heterocycles. The fourth-order valence-electron chi connectivity index (χ4n) is 2.28. The predicted octanol–water partition coefficient (Wildman–Crippen LogP) is 1.74. The molecule has 3 rings (SSSR count). The van der Waals surface area contributed by atoms with Gasteiger partial charge in [0.1, 0.15) is 6.33 Å². The van der Waals surface area contributed by atoms with E-state index in [0.29, 0.717) is 28.7 Å². The van der Waals surface area contributed by atoms with Crippen LogP contribution in [0, 0.1) is 0 Å². The Kier molecular flexibility index (Phi) is 5.20. The zero-order valence-corrected chi connectivity index (χ0v) is 14.1. The Bertz CT molecular complexity index is 950. The summed E-state index contributed by atoms with van der Waals surface area (Å²) in [5, 5.41) is 5.02. The Labute approximate surface area is 147 Å². The number of para-hydroxylation sites is 1. The minimum atomic E-state index is -0.329. The van der Waals surface area contributed by atoms with Crippen molar-refractivity contribution in [1.82, 2.24) is 15.0 Å². The summed E-state index contributed by atoms with van der Waals surface area (Å²) in [6.07, 6.45) is 1.95. The fraction of sp³-hybridized carbons (Fsp3) is 0.176. The van der Waals surface area contributed by atoms with Crippen molar-refractivity contribution in [3.05, 3.63) is 63.3 Å². The van der Waals surface area contributed by atoms with Crippen LogP contribution >= 0.6 is 11.3 Å². The molecule has 0 radical (unpaired) electrons. The number of aromatic nitrogens is 2. The first kappa shape index (κ1) is 16.8. The van der Waals surface area contributed by atoms with Gasteiger partial charge in [0.05, 0.1) is 15.8 Å². The van der Waals surface area contributed by atoms with Crippen molar-refractivity contribution in [2.24, 2.45) is 0 Å². The number of carbonyl (C=O) groups excluding carboxylic acids is 2. The van der Waals surface area contributed by atoms with E-state index in [9.17, 15) is 14.4 Å². The highest BCUT2D eigenvalue weighted by atomic mass is 32.1. The molecular weight excluding hydrogens is 340 g/mol. The highest BCUT2D eigenvalue weighted by Gasteiger charge is 2.08. The molecule has 0 bridgehead atoms. The second-order valence-corrected chi connectivity index (χ2v) is 6.26. The van der Waals surface area contributed by atoms with Crippen molar-refractivity contribution < 1.29 is 9.59 Å². The lowest BCUT2D eigenvalue weighted by Gasteiger charge is -2.08. The molecule has 25 heavy (non-hydrogen) atoms. The van der Waals surface area contributed by atoms with Gasteiger partial charge in [0.15, 0.2) is 0 Å². The van der Waals surface area contributed by atoms with Crippen molar-refractivity contribution >= 4 is 34.1 Å². The largest absolute Gasteiger partial charge is 0.351 e. The predicted molar refractivity (Wildman–Crippen MR) is 96.3 cm³/mol. The molecule has 0 atom stereocenters. The topological polar surface area (TPSA) is 93.1 Å². The number of nitrogens with one attached hydrogen (secondary N) is 2. The van der Waals surface area contributed by atoms with E-state index in [-0.39, 0.29) is 23.8 Å². The molecule has 0 aliphatic heterocycles. The molecule has 0 spiro atoms. The summed E-state index contributed by atoms with van der Waals surface area (Å²) >= 11 is 1.36. The van der Waals surface area contributed by atoms with Crippen LogP contribution in [0.2, 0.25) is 0 Å². The van der Waals surface area contributed by atoms with E-state index in [1.807, 2.05) is 11.4 Å². The van der Waals surface area contributed by atoms with Crippen molar-refractivity contribution in [3.8, 4) is 0 Å². The fourth-order valence-corrected chi connectivity index (χ4v) is 2.92. The summed E-state index contributed by atoms with van der Waals surface area (Å²) < 4.78 is 1.08. The first-order chi connectivity index (χ1) is 12.1. The molecule has 0 saturated carbocycles. The van der Waals surface area contributed by atoms with Gasteiger partial charge in [-0.3, -0.25) is 19.8 Å². The van der Waals surface area contributed by atoms with Crippen LogP contribution in [0.3, 0.4) is 0 Å². The summed E-state index contributed by atoms with van der Waals surface area (Å²) in [5.74, 6) is -0.463. The Balaban J connectivity index is 1.50. The van der Waals surface area contributed by atoms with E-state index in [1.54, 1.807) is 30.3 Å².